The number of hydrogen-bond acceptors (Lipinski definition) is 3. The highest BCUT2D eigenvalue weighted by Crippen LogP contribution is 2.41. The van der Waals surface area contributed by atoms with E-state index < -0.39 is 6.61 Å². The lowest BCUT2D eigenvalue weighted by Crippen LogP contribution is -2.27. The van der Waals surface area contributed by atoms with Gasteiger partial charge in [-0.05, 0) is 57.9 Å². The lowest BCUT2D eigenvalue weighted by molar-refractivity contribution is -0.0504. The number of ether oxygens (including phenoxy) is 1. The van der Waals surface area contributed by atoms with Crippen LogP contribution in [0.5, 0.6) is 5.75 Å². The lowest BCUT2D eigenvalue weighted by atomic mass is 10.1. The smallest absolute Gasteiger partial charge is 0.387 e. The second-order valence-corrected chi connectivity index (χ2v) is 8.54. The summed E-state index contributed by atoms with van der Waals surface area (Å²) in [6, 6.07) is 6.52. The molecule has 1 fully saturated rings. The molecule has 8 heteroatoms. The fourth-order valence-corrected chi connectivity index (χ4v) is 3.29. The third-order valence-corrected chi connectivity index (χ3v) is 4.77. The average Bonchev–Trinajstić information content (AvgIpc) is 3.31. The van der Waals surface area contributed by atoms with Gasteiger partial charge in [0.15, 0.2) is 0 Å². The summed E-state index contributed by atoms with van der Waals surface area (Å²) in [4.78, 5) is 12.6. The highest BCUT2D eigenvalue weighted by Gasteiger charge is 2.32. The van der Waals surface area contributed by atoms with Crippen LogP contribution in [0.3, 0.4) is 0 Å². The van der Waals surface area contributed by atoms with Crippen LogP contribution >= 0.6 is 15.9 Å². The van der Waals surface area contributed by atoms with Crippen molar-refractivity contribution >= 4 is 21.8 Å². The number of benzene rings is 1. The second-order valence-electron chi connectivity index (χ2n) is 7.62. The van der Waals surface area contributed by atoms with E-state index in [0.717, 1.165) is 18.5 Å². The summed E-state index contributed by atoms with van der Waals surface area (Å²) in [6.07, 6.45) is 2.21. The van der Waals surface area contributed by atoms with Crippen molar-refractivity contribution in [3.63, 3.8) is 0 Å². The molecule has 0 radical (unpaired) electrons. The van der Waals surface area contributed by atoms with Crippen molar-refractivity contribution in [3.05, 3.63) is 45.7 Å². The molecule has 0 saturated heterocycles. The maximum Gasteiger partial charge on any atom is 0.387 e. The Morgan fingerprint density at radius 1 is 1.37 bits per heavy atom. The zero-order valence-electron chi connectivity index (χ0n) is 15.4. The summed E-state index contributed by atoms with van der Waals surface area (Å²) in [5, 5.41) is 7.23. The first kappa shape index (κ1) is 19.8. The maximum atomic E-state index is 12.6. The largest absolute Gasteiger partial charge is 0.434 e. The molecule has 1 aromatic heterocycles. The lowest BCUT2D eigenvalue weighted by Gasteiger charge is -2.22. The maximum absolute atomic E-state index is 12.6. The predicted octanol–water partition coefficient (Wildman–Crippen LogP) is 4.81. The minimum absolute atomic E-state index is 0.0346. The van der Waals surface area contributed by atoms with Gasteiger partial charge in [-0.15, -0.1) is 0 Å². The van der Waals surface area contributed by atoms with Gasteiger partial charge in [0.2, 0.25) is 0 Å². The highest BCUT2D eigenvalue weighted by molar-refractivity contribution is 9.10. The topological polar surface area (TPSA) is 56.2 Å². The number of aromatic nitrogens is 2. The van der Waals surface area contributed by atoms with E-state index in [4.69, 9.17) is 0 Å². The Morgan fingerprint density at radius 2 is 2.07 bits per heavy atom. The first-order valence-corrected chi connectivity index (χ1v) is 9.56. The van der Waals surface area contributed by atoms with E-state index in [2.05, 4.69) is 31.1 Å². The van der Waals surface area contributed by atoms with Crippen molar-refractivity contribution in [2.24, 2.45) is 0 Å². The number of rotatable bonds is 6. The molecule has 1 aliphatic rings. The minimum Gasteiger partial charge on any atom is -0.434 e. The minimum atomic E-state index is -2.93. The van der Waals surface area contributed by atoms with Gasteiger partial charge >= 0.3 is 6.61 Å². The zero-order valence-corrected chi connectivity index (χ0v) is 17.0. The van der Waals surface area contributed by atoms with Crippen LogP contribution in [-0.2, 0) is 12.1 Å². The Balaban J connectivity index is 1.76. The molecule has 1 saturated carbocycles. The number of carbonyl (C=O) groups excluding carboxylic acids is 1. The number of carbonyl (C=O) groups is 1. The molecule has 0 spiro atoms. The number of halogens is 3. The Kier molecular flexibility index (Phi) is 5.55. The van der Waals surface area contributed by atoms with Crippen LogP contribution in [0.4, 0.5) is 8.78 Å². The summed E-state index contributed by atoms with van der Waals surface area (Å²) >= 11 is 3.30. The molecule has 146 valence electrons. The number of alkyl halides is 2. The summed E-state index contributed by atoms with van der Waals surface area (Å²) in [7, 11) is 0. The third-order valence-electron chi connectivity index (χ3n) is 4.28. The monoisotopic (exact) mass is 441 g/mol. The molecule has 1 amide bonds. The molecule has 1 aromatic carbocycles. The van der Waals surface area contributed by atoms with Crippen molar-refractivity contribution in [2.45, 2.75) is 58.2 Å². The number of amides is 1. The van der Waals surface area contributed by atoms with Crippen LogP contribution in [0.1, 0.15) is 61.3 Å². The molecule has 5 nitrogen and oxygen atoms in total. The van der Waals surface area contributed by atoms with E-state index in [1.54, 1.807) is 12.1 Å². The van der Waals surface area contributed by atoms with Gasteiger partial charge in [0.25, 0.3) is 5.91 Å². The van der Waals surface area contributed by atoms with Crippen molar-refractivity contribution in [3.8, 4) is 5.75 Å². The zero-order chi connectivity index (χ0) is 19.8. The molecule has 27 heavy (non-hydrogen) atoms. The molecule has 3 rings (SSSR count). The molecular weight excluding hydrogens is 420 g/mol. The van der Waals surface area contributed by atoms with Crippen LogP contribution in [0.25, 0.3) is 0 Å². The van der Waals surface area contributed by atoms with Crippen LogP contribution in [0, 0.1) is 0 Å². The van der Waals surface area contributed by atoms with Crippen LogP contribution in [-0.4, -0.2) is 22.3 Å². The summed E-state index contributed by atoms with van der Waals surface area (Å²) in [5.74, 6) is 0.143. The van der Waals surface area contributed by atoms with E-state index >= 15 is 0 Å². The fraction of sp³-hybridized carbons (Fsp3) is 0.474. The molecule has 1 heterocycles. The van der Waals surface area contributed by atoms with Gasteiger partial charge in [-0.3, -0.25) is 9.48 Å². The highest BCUT2D eigenvalue weighted by atomic mass is 79.9. The molecule has 1 aliphatic carbocycles. The molecule has 1 N–H and O–H groups in total. The summed E-state index contributed by atoms with van der Waals surface area (Å²) < 4.78 is 32.3. The predicted molar refractivity (Wildman–Crippen MR) is 101 cm³/mol. The van der Waals surface area contributed by atoms with Gasteiger partial charge < -0.3 is 10.1 Å². The van der Waals surface area contributed by atoms with E-state index in [-0.39, 0.29) is 23.7 Å². The Labute approximate surface area is 165 Å². The molecule has 0 bridgehead atoms. The van der Waals surface area contributed by atoms with Crippen LogP contribution < -0.4 is 10.1 Å². The molecular formula is C19H22BrF2N3O2. The third kappa shape index (κ3) is 4.86. The fourth-order valence-electron chi connectivity index (χ4n) is 2.88. The van der Waals surface area contributed by atoms with E-state index in [9.17, 15) is 13.6 Å². The quantitative estimate of drug-likeness (QED) is 0.699. The normalized spacial score (nSPS) is 14.5. The Morgan fingerprint density at radius 3 is 2.67 bits per heavy atom. The summed E-state index contributed by atoms with van der Waals surface area (Å²) in [6.45, 7) is 3.26. The SMILES string of the molecule is CC(C)(C)n1nc(C(=O)NCc2cc(Br)ccc2OC(F)F)cc1C1CC1. The van der Waals surface area contributed by atoms with Crippen molar-refractivity contribution in [2.75, 3.05) is 0 Å². The van der Waals surface area contributed by atoms with E-state index in [1.807, 2.05) is 31.5 Å². The van der Waals surface area contributed by atoms with Gasteiger partial charge in [-0.2, -0.15) is 13.9 Å². The van der Waals surface area contributed by atoms with E-state index in [0.29, 0.717) is 21.6 Å². The second kappa shape index (κ2) is 7.58. The van der Waals surface area contributed by atoms with Crippen LogP contribution in [0.15, 0.2) is 28.7 Å². The molecule has 2 aromatic rings. The van der Waals surface area contributed by atoms with Gasteiger partial charge in [-0.25, -0.2) is 0 Å². The van der Waals surface area contributed by atoms with Gasteiger partial charge in [-0.1, -0.05) is 15.9 Å². The number of nitrogens with zero attached hydrogens (tertiary/aromatic N) is 2. The van der Waals surface area contributed by atoms with E-state index in [1.165, 1.54) is 6.07 Å². The number of hydrogen-bond donors (Lipinski definition) is 1. The molecule has 0 atom stereocenters. The van der Waals surface area contributed by atoms with Crippen molar-refractivity contribution < 1.29 is 18.3 Å². The first-order chi connectivity index (χ1) is 12.6. The van der Waals surface area contributed by atoms with Gasteiger partial charge in [0.05, 0.1) is 5.54 Å². The van der Waals surface area contributed by atoms with Crippen molar-refractivity contribution in [1.82, 2.24) is 15.1 Å². The molecule has 0 unspecified atom stereocenters. The Hall–Kier alpha value is -1.96. The number of nitrogens with one attached hydrogen (secondary N) is 1. The summed E-state index contributed by atoms with van der Waals surface area (Å²) in [5.41, 5.74) is 1.63. The average molecular weight is 442 g/mol. The standard InChI is InChI=1S/C19H22BrF2N3O2/c1-19(2,3)25-15(11-4-5-11)9-14(24-25)17(26)23-10-12-8-13(20)6-7-16(12)27-18(21)22/h6-9,11,18H,4-5,10H2,1-3H3,(H,23,26). The van der Waals surface area contributed by atoms with Gasteiger partial charge in [0, 0.05) is 28.2 Å². The molecule has 0 aliphatic heterocycles. The van der Waals surface area contributed by atoms with Gasteiger partial charge in [0.1, 0.15) is 11.4 Å². The Bertz CT molecular complexity index is 842. The first-order valence-electron chi connectivity index (χ1n) is 8.77. The van der Waals surface area contributed by atoms with Crippen LogP contribution in [0.2, 0.25) is 0 Å². The van der Waals surface area contributed by atoms with Crippen molar-refractivity contribution in [1.29, 1.82) is 0 Å².